The number of halogens is 2. The first-order chi connectivity index (χ1) is 9.08. The Morgan fingerprint density at radius 1 is 1.15 bits per heavy atom. The van der Waals surface area contributed by atoms with Crippen LogP contribution in [0.15, 0.2) is 12.1 Å². The fraction of sp³-hybridized carbons (Fsp3) is 0.571. The molecule has 0 radical (unpaired) electrons. The number of rotatable bonds is 6. The van der Waals surface area contributed by atoms with Crippen LogP contribution < -0.4 is 5.46 Å². The van der Waals surface area contributed by atoms with Crippen molar-refractivity contribution >= 4 is 12.9 Å². The summed E-state index contributed by atoms with van der Waals surface area (Å²) in [7, 11) is 1.21. The van der Waals surface area contributed by atoms with E-state index in [1.54, 1.807) is 27.7 Å². The summed E-state index contributed by atoms with van der Waals surface area (Å²) in [5.74, 6) is -1.35. The molecule has 0 amide bonds. The van der Waals surface area contributed by atoms with E-state index >= 15 is 0 Å². The molecule has 1 N–H and O–H groups in total. The summed E-state index contributed by atoms with van der Waals surface area (Å²) in [6.07, 6.45) is 0. The topological polar surface area (TPSA) is 38.7 Å². The number of benzene rings is 1. The second-order valence-corrected chi connectivity index (χ2v) is 5.83. The van der Waals surface area contributed by atoms with Gasteiger partial charge in [0.2, 0.25) is 0 Å². The zero-order valence-electron chi connectivity index (χ0n) is 12.6. The normalized spacial score (nSPS) is 12.6. The summed E-state index contributed by atoms with van der Waals surface area (Å²) in [6.45, 7) is 6.65. The van der Waals surface area contributed by atoms with Crippen molar-refractivity contribution in [3.63, 3.8) is 0 Å². The first-order valence-corrected chi connectivity index (χ1v) is 6.40. The third kappa shape index (κ3) is 4.01. The Hall–Kier alpha value is -0.975. The van der Waals surface area contributed by atoms with Gasteiger partial charge in [-0.1, -0.05) is 0 Å². The van der Waals surface area contributed by atoms with Crippen LogP contribution in [-0.4, -0.2) is 30.9 Å². The van der Waals surface area contributed by atoms with Gasteiger partial charge in [0.25, 0.3) is 0 Å². The van der Waals surface area contributed by atoms with Crippen LogP contribution in [0.2, 0.25) is 0 Å². The second kappa shape index (κ2) is 6.20. The van der Waals surface area contributed by atoms with E-state index in [2.05, 4.69) is 0 Å². The smallest absolute Gasteiger partial charge is 0.315 e. The molecule has 20 heavy (non-hydrogen) atoms. The standard InChI is InChI=1S/C14H21BF2O3/c1-13(2,18)14(3,4)20-15-12-10(16)6-9(8-19-5)7-11(12)17/h6-7,15,18H,8H2,1-5H3. The van der Waals surface area contributed by atoms with Crippen molar-refractivity contribution in [2.45, 2.75) is 45.5 Å². The molecule has 1 aromatic carbocycles. The molecule has 0 bridgehead atoms. The fourth-order valence-corrected chi connectivity index (χ4v) is 1.47. The first-order valence-electron chi connectivity index (χ1n) is 6.40. The highest BCUT2D eigenvalue weighted by Gasteiger charge is 2.36. The van der Waals surface area contributed by atoms with Gasteiger partial charge in [-0.25, -0.2) is 8.78 Å². The predicted octanol–water partition coefficient (Wildman–Crippen LogP) is 1.65. The zero-order valence-corrected chi connectivity index (χ0v) is 12.6. The van der Waals surface area contributed by atoms with Crippen LogP contribution in [0.5, 0.6) is 0 Å². The summed E-state index contributed by atoms with van der Waals surface area (Å²) in [5.41, 5.74) is -1.79. The Labute approximate surface area is 119 Å². The van der Waals surface area contributed by atoms with Crippen molar-refractivity contribution in [1.29, 1.82) is 0 Å². The van der Waals surface area contributed by atoms with Gasteiger partial charge in [-0.05, 0) is 45.4 Å². The molecule has 6 heteroatoms. The lowest BCUT2D eigenvalue weighted by Gasteiger charge is -2.37. The highest BCUT2D eigenvalue weighted by molar-refractivity contribution is 6.47. The molecular formula is C14H21BF2O3. The SMILES string of the molecule is COCc1cc(F)c(BOC(C)(C)C(C)(C)O)c(F)c1. The summed E-state index contributed by atoms with van der Waals surface area (Å²) in [5, 5.41) is 9.95. The van der Waals surface area contributed by atoms with E-state index in [9.17, 15) is 13.9 Å². The Morgan fingerprint density at radius 3 is 2.05 bits per heavy atom. The van der Waals surface area contributed by atoms with Gasteiger partial charge < -0.3 is 14.5 Å². The molecule has 0 heterocycles. The zero-order chi connectivity index (χ0) is 15.6. The van der Waals surface area contributed by atoms with Gasteiger partial charge in [-0.2, -0.15) is 0 Å². The van der Waals surface area contributed by atoms with E-state index in [0.717, 1.165) is 0 Å². The predicted molar refractivity (Wildman–Crippen MR) is 75.3 cm³/mol. The Morgan fingerprint density at radius 2 is 1.65 bits per heavy atom. The van der Waals surface area contributed by atoms with E-state index in [1.807, 2.05) is 0 Å². The van der Waals surface area contributed by atoms with Gasteiger partial charge in [0, 0.05) is 12.6 Å². The molecule has 0 saturated carbocycles. The maximum Gasteiger partial charge on any atom is 0.315 e. The van der Waals surface area contributed by atoms with Crippen molar-refractivity contribution in [2.75, 3.05) is 7.11 Å². The molecule has 0 saturated heterocycles. The van der Waals surface area contributed by atoms with Crippen molar-refractivity contribution in [2.24, 2.45) is 0 Å². The molecule has 0 aromatic heterocycles. The molecule has 0 spiro atoms. The quantitative estimate of drug-likeness (QED) is 0.808. The van der Waals surface area contributed by atoms with Crippen LogP contribution in [-0.2, 0) is 16.0 Å². The summed E-state index contributed by atoms with van der Waals surface area (Å²) in [4.78, 5) is 0. The van der Waals surface area contributed by atoms with Crippen LogP contribution in [0.3, 0.4) is 0 Å². The first kappa shape index (κ1) is 17.1. The minimum Gasteiger partial charge on any atom is -0.427 e. The highest BCUT2D eigenvalue weighted by atomic mass is 19.1. The lowest BCUT2D eigenvalue weighted by molar-refractivity contribution is -0.0894. The number of hydrogen-bond donors (Lipinski definition) is 1. The average Bonchev–Trinajstić information content (AvgIpc) is 2.26. The summed E-state index contributed by atoms with van der Waals surface area (Å²) < 4.78 is 38.1. The molecule has 0 aliphatic carbocycles. The number of ether oxygens (including phenoxy) is 1. The molecular weight excluding hydrogens is 265 g/mol. The number of hydrogen-bond acceptors (Lipinski definition) is 3. The number of methoxy groups -OCH3 is 1. The Kier molecular flexibility index (Phi) is 5.30. The fourth-order valence-electron chi connectivity index (χ4n) is 1.47. The summed E-state index contributed by atoms with van der Waals surface area (Å²) >= 11 is 0. The van der Waals surface area contributed by atoms with Crippen LogP contribution in [0.1, 0.15) is 33.3 Å². The molecule has 0 aliphatic heterocycles. The molecule has 112 valence electrons. The maximum atomic E-state index is 13.9. The molecule has 0 atom stereocenters. The highest BCUT2D eigenvalue weighted by Crippen LogP contribution is 2.24. The minimum atomic E-state index is -1.13. The van der Waals surface area contributed by atoms with Gasteiger partial charge in [0.1, 0.15) is 11.6 Å². The van der Waals surface area contributed by atoms with Gasteiger partial charge in [0.05, 0.1) is 17.8 Å². The minimum absolute atomic E-state index is 0.143. The van der Waals surface area contributed by atoms with Gasteiger partial charge in [-0.3, -0.25) is 0 Å². The molecule has 0 unspecified atom stereocenters. The third-order valence-corrected chi connectivity index (χ3v) is 3.56. The van der Waals surface area contributed by atoms with Crippen LogP contribution in [0.4, 0.5) is 8.78 Å². The lowest BCUT2D eigenvalue weighted by Crippen LogP contribution is -2.49. The van der Waals surface area contributed by atoms with E-state index < -0.39 is 22.8 Å². The number of aliphatic hydroxyl groups is 1. The average molecular weight is 286 g/mol. The van der Waals surface area contributed by atoms with Crippen molar-refractivity contribution in [1.82, 2.24) is 0 Å². The van der Waals surface area contributed by atoms with Gasteiger partial charge in [-0.15, -0.1) is 0 Å². The van der Waals surface area contributed by atoms with Crippen LogP contribution in [0, 0.1) is 11.6 Å². The lowest BCUT2D eigenvalue weighted by atomic mass is 9.81. The molecule has 3 nitrogen and oxygen atoms in total. The molecule has 1 rings (SSSR count). The molecule has 0 aliphatic rings. The molecule has 0 fully saturated rings. The maximum absolute atomic E-state index is 13.9. The van der Waals surface area contributed by atoms with E-state index in [-0.39, 0.29) is 19.6 Å². The van der Waals surface area contributed by atoms with Crippen LogP contribution >= 0.6 is 0 Å². The van der Waals surface area contributed by atoms with Gasteiger partial charge >= 0.3 is 7.48 Å². The van der Waals surface area contributed by atoms with Gasteiger partial charge in [0.15, 0.2) is 0 Å². The third-order valence-electron chi connectivity index (χ3n) is 3.56. The Bertz CT molecular complexity index is 447. The van der Waals surface area contributed by atoms with Crippen molar-refractivity contribution in [3.8, 4) is 0 Å². The van der Waals surface area contributed by atoms with E-state index in [4.69, 9.17) is 9.39 Å². The monoisotopic (exact) mass is 286 g/mol. The summed E-state index contributed by atoms with van der Waals surface area (Å²) in [6, 6.07) is 2.45. The molecule has 1 aromatic rings. The second-order valence-electron chi connectivity index (χ2n) is 5.83. The van der Waals surface area contributed by atoms with Crippen LogP contribution in [0.25, 0.3) is 0 Å². The Balaban J connectivity index is 2.89. The van der Waals surface area contributed by atoms with E-state index in [0.29, 0.717) is 5.56 Å². The van der Waals surface area contributed by atoms with E-state index in [1.165, 1.54) is 19.2 Å². The van der Waals surface area contributed by atoms with Crippen molar-refractivity contribution < 1.29 is 23.3 Å². The largest absolute Gasteiger partial charge is 0.427 e. The van der Waals surface area contributed by atoms with Crippen molar-refractivity contribution in [3.05, 3.63) is 29.3 Å².